The Hall–Kier alpha value is -2.16. The zero-order valence-corrected chi connectivity index (χ0v) is 15.9. The first kappa shape index (κ1) is 17.7. The molecule has 1 aliphatic heterocycles. The van der Waals surface area contributed by atoms with E-state index in [1.54, 1.807) is 12.1 Å². The normalized spacial score (nSPS) is 14.4. The van der Waals surface area contributed by atoms with Crippen LogP contribution in [0.2, 0.25) is 0 Å². The van der Waals surface area contributed by atoms with Gasteiger partial charge < -0.3 is 19.5 Å². The maximum Gasteiger partial charge on any atom is 0.287 e. The number of amides is 1. The molecule has 9 heteroatoms. The Morgan fingerprint density at radius 3 is 2.64 bits per heavy atom. The van der Waals surface area contributed by atoms with E-state index in [1.807, 2.05) is 19.0 Å². The molecule has 0 atom stereocenters. The number of carbonyl (C=O) groups excluding carboxylic acids is 1. The molecule has 8 nitrogen and oxygen atoms in total. The van der Waals surface area contributed by atoms with Crippen LogP contribution in [0.4, 0.5) is 11.9 Å². The van der Waals surface area contributed by atoms with Crippen molar-refractivity contribution < 1.29 is 9.21 Å². The molecule has 3 heterocycles. The van der Waals surface area contributed by atoms with Crippen molar-refractivity contribution in [2.45, 2.75) is 25.8 Å². The van der Waals surface area contributed by atoms with Crippen LogP contribution in [-0.4, -0.2) is 48.0 Å². The predicted molar refractivity (Wildman–Crippen MR) is 97.8 cm³/mol. The molecule has 2 aromatic heterocycles. The first-order chi connectivity index (χ1) is 12.0. The van der Waals surface area contributed by atoms with Crippen molar-refractivity contribution in [1.82, 2.24) is 20.3 Å². The zero-order valence-electron chi connectivity index (χ0n) is 14.3. The molecule has 0 spiro atoms. The minimum absolute atomic E-state index is 0.210. The molecule has 25 heavy (non-hydrogen) atoms. The van der Waals surface area contributed by atoms with E-state index in [0.29, 0.717) is 22.4 Å². The SMILES string of the molecule is CN(C)c1nc(CNC(=O)c2ccc(Br)o2)nc(N2CCCCC2)n1. The highest BCUT2D eigenvalue weighted by atomic mass is 79.9. The van der Waals surface area contributed by atoms with Crippen LogP contribution in [0, 0.1) is 0 Å². The van der Waals surface area contributed by atoms with Crippen LogP contribution >= 0.6 is 15.9 Å². The average Bonchev–Trinajstić information content (AvgIpc) is 3.06. The van der Waals surface area contributed by atoms with Gasteiger partial charge in [0.25, 0.3) is 5.91 Å². The van der Waals surface area contributed by atoms with Gasteiger partial charge in [0.05, 0.1) is 6.54 Å². The highest BCUT2D eigenvalue weighted by Crippen LogP contribution is 2.18. The average molecular weight is 409 g/mol. The van der Waals surface area contributed by atoms with E-state index in [-0.39, 0.29) is 18.2 Å². The Bertz CT molecular complexity index is 742. The van der Waals surface area contributed by atoms with Crippen molar-refractivity contribution in [2.24, 2.45) is 0 Å². The maximum atomic E-state index is 12.1. The second kappa shape index (κ2) is 7.81. The summed E-state index contributed by atoms with van der Waals surface area (Å²) >= 11 is 3.18. The molecule has 0 radical (unpaired) electrons. The summed E-state index contributed by atoms with van der Waals surface area (Å²) in [5.41, 5.74) is 0. The molecule has 0 aliphatic carbocycles. The summed E-state index contributed by atoms with van der Waals surface area (Å²) in [5, 5.41) is 2.78. The van der Waals surface area contributed by atoms with Gasteiger partial charge in [-0.2, -0.15) is 15.0 Å². The van der Waals surface area contributed by atoms with E-state index in [2.05, 4.69) is 41.1 Å². The molecule has 134 valence electrons. The third-order valence-electron chi connectivity index (χ3n) is 3.90. The maximum absolute atomic E-state index is 12.1. The molecule has 0 saturated carbocycles. The van der Waals surface area contributed by atoms with Gasteiger partial charge >= 0.3 is 0 Å². The van der Waals surface area contributed by atoms with Crippen LogP contribution in [0.15, 0.2) is 21.2 Å². The van der Waals surface area contributed by atoms with Crippen molar-refractivity contribution >= 4 is 33.7 Å². The molecule has 1 amide bonds. The van der Waals surface area contributed by atoms with E-state index in [1.165, 1.54) is 6.42 Å². The van der Waals surface area contributed by atoms with Crippen LogP contribution in [-0.2, 0) is 6.54 Å². The summed E-state index contributed by atoms with van der Waals surface area (Å²) in [6, 6.07) is 3.29. The first-order valence-electron chi connectivity index (χ1n) is 8.23. The fraction of sp³-hybridized carbons (Fsp3) is 0.500. The number of furan rings is 1. The third kappa shape index (κ3) is 4.47. The summed E-state index contributed by atoms with van der Waals surface area (Å²) in [7, 11) is 3.77. The highest BCUT2D eigenvalue weighted by Gasteiger charge is 2.18. The van der Waals surface area contributed by atoms with Gasteiger partial charge in [0, 0.05) is 27.2 Å². The Labute approximate surface area is 154 Å². The van der Waals surface area contributed by atoms with E-state index in [9.17, 15) is 4.79 Å². The zero-order chi connectivity index (χ0) is 17.8. The Balaban J connectivity index is 1.75. The lowest BCUT2D eigenvalue weighted by molar-refractivity contribution is 0.0921. The lowest BCUT2D eigenvalue weighted by Crippen LogP contribution is -2.32. The lowest BCUT2D eigenvalue weighted by Gasteiger charge is -2.27. The van der Waals surface area contributed by atoms with Crippen LogP contribution in [0.5, 0.6) is 0 Å². The Morgan fingerprint density at radius 1 is 1.24 bits per heavy atom. The number of nitrogens with one attached hydrogen (secondary N) is 1. The predicted octanol–water partition coefficient (Wildman–Crippen LogP) is 2.21. The van der Waals surface area contributed by atoms with E-state index in [4.69, 9.17) is 4.42 Å². The van der Waals surface area contributed by atoms with Gasteiger partial charge in [-0.15, -0.1) is 0 Å². The van der Waals surface area contributed by atoms with Gasteiger partial charge in [0.2, 0.25) is 11.9 Å². The molecule has 0 unspecified atom stereocenters. The molecule has 1 N–H and O–H groups in total. The smallest absolute Gasteiger partial charge is 0.287 e. The number of rotatable bonds is 5. The molecule has 1 aliphatic rings. The standard InChI is InChI=1S/C16H21BrN6O2/c1-22(2)15-19-13(10-18-14(24)11-6-7-12(17)25-11)20-16(21-15)23-8-4-3-5-9-23/h6-7H,3-5,8-10H2,1-2H3,(H,18,24). The van der Waals surface area contributed by atoms with Crippen LogP contribution < -0.4 is 15.1 Å². The van der Waals surface area contributed by atoms with Gasteiger partial charge in [-0.3, -0.25) is 4.79 Å². The van der Waals surface area contributed by atoms with Gasteiger partial charge in [0.1, 0.15) is 0 Å². The summed E-state index contributed by atoms with van der Waals surface area (Å²) in [5.74, 6) is 1.71. The number of nitrogens with zero attached hydrogens (tertiary/aromatic N) is 5. The van der Waals surface area contributed by atoms with Crippen molar-refractivity contribution in [3.05, 3.63) is 28.4 Å². The number of halogens is 1. The van der Waals surface area contributed by atoms with Crippen molar-refractivity contribution in [1.29, 1.82) is 0 Å². The molecular weight excluding hydrogens is 388 g/mol. The monoisotopic (exact) mass is 408 g/mol. The molecule has 1 fully saturated rings. The fourth-order valence-electron chi connectivity index (χ4n) is 2.59. The number of hydrogen-bond donors (Lipinski definition) is 1. The summed E-state index contributed by atoms with van der Waals surface area (Å²) in [6.07, 6.45) is 3.52. The Kier molecular flexibility index (Phi) is 5.52. The van der Waals surface area contributed by atoms with E-state index in [0.717, 1.165) is 25.9 Å². The van der Waals surface area contributed by atoms with Crippen molar-refractivity contribution in [2.75, 3.05) is 37.0 Å². The third-order valence-corrected chi connectivity index (χ3v) is 4.33. The number of piperidine rings is 1. The van der Waals surface area contributed by atoms with Gasteiger partial charge in [0.15, 0.2) is 16.3 Å². The van der Waals surface area contributed by atoms with E-state index < -0.39 is 0 Å². The molecule has 2 aromatic rings. The van der Waals surface area contributed by atoms with Crippen molar-refractivity contribution in [3.63, 3.8) is 0 Å². The van der Waals surface area contributed by atoms with Crippen LogP contribution in [0.25, 0.3) is 0 Å². The number of carbonyl (C=O) groups is 1. The topological polar surface area (TPSA) is 87.4 Å². The molecule has 3 rings (SSSR count). The van der Waals surface area contributed by atoms with Gasteiger partial charge in [-0.1, -0.05) is 0 Å². The van der Waals surface area contributed by atoms with Crippen molar-refractivity contribution in [3.8, 4) is 0 Å². The second-order valence-corrected chi connectivity index (χ2v) is 6.86. The van der Waals surface area contributed by atoms with Crippen LogP contribution in [0.1, 0.15) is 35.6 Å². The quantitative estimate of drug-likeness (QED) is 0.810. The van der Waals surface area contributed by atoms with Gasteiger partial charge in [-0.25, -0.2) is 0 Å². The van der Waals surface area contributed by atoms with Crippen LogP contribution in [0.3, 0.4) is 0 Å². The summed E-state index contributed by atoms with van der Waals surface area (Å²) in [6.45, 7) is 2.10. The number of aromatic nitrogens is 3. The minimum Gasteiger partial charge on any atom is -0.444 e. The lowest BCUT2D eigenvalue weighted by atomic mass is 10.1. The highest BCUT2D eigenvalue weighted by molar-refractivity contribution is 9.10. The first-order valence-corrected chi connectivity index (χ1v) is 9.03. The molecule has 0 aromatic carbocycles. The number of hydrogen-bond acceptors (Lipinski definition) is 7. The largest absolute Gasteiger partial charge is 0.444 e. The fourth-order valence-corrected chi connectivity index (χ4v) is 2.90. The molecule has 0 bridgehead atoms. The molecular formula is C16H21BrN6O2. The van der Waals surface area contributed by atoms with E-state index >= 15 is 0 Å². The Morgan fingerprint density at radius 2 is 2.00 bits per heavy atom. The second-order valence-electron chi connectivity index (χ2n) is 6.08. The minimum atomic E-state index is -0.308. The molecule has 1 saturated heterocycles. The number of anilines is 2. The summed E-state index contributed by atoms with van der Waals surface area (Å²) < 4.78 is 5.76. The van der Waals surface area contributed by atoms with Gasteiger partial charge in [-0.05, 0) is 47.3 Å². The summed E-state index contributed by atoms with van der Waals surface area (Å²) in [4.78, 5) is 29.6.